The second-order valence-corrected chi connectivity index (χ2v) is 8.84. The Hall–Kier alpha value is -1.22. The average molecular weight is 373 g/mol. The van der Waals surface area contributed by atoms with Crippen molar-refractivity contribution in [1.29, 1.82) is 0 Å². The molecular weight excluding hydrogens is 357 g/mol. The number of rotatable bonds is 8. The number of hydrogen-bond acceptors (Lipinski definition) is 5. The lowest BCUT2D eigenvalue weighted by atomic mass is 10.3. The van der Waals surface area contributed by atoms with Gasteiger partial charge < -0.3 is 0 Å². The smallest absolute Gasteiger partial charge is 0.208 e. The zero-order chi connectivity index (χ0) is 16.9. The van der Waals surface area contributed by atoms with Gasteiger partial charge in [0, 0.05) is 16.3 Å². The molecule has 1 heterocycles. The van der Waals surface area contributed by atoms with Crippen LogP contribution >= 0.6 is 23.1 Å². The molecule has 0 radical (unpaired) electrons. The molecule has 23 heavy (non-hydrogen) atoms. The Balaban J connectivity index is 1.87. The van der Waals surface area contributed by atoms with Crippen LogP contribution < -0.4 is 4.72 Å². The Morgan fingerprint density at radius 3 is 2.70 bits per heavy atom. The minimum absolute atomic E-state index is 0.0643. The molecule has 124 valence electrons. The van der Waals surface area contributed by atoms with E-state index in [-0.39, 0.29) is 17.4 Å². The third-order valence-electron chi connectivity index (χ3n) is 2.87. The Labute approximate surface area is 143 Å². The van der Waals surface area contributed by atoms with Crippen LogP contribution in [0.4, 0.5) is 4.39 Å². The lowest BCUT2D eigenvalue weighted by Gasteiger charge is -2.01. The van der Waals surface area contributed by atoms with E-state index >= 15 is 0 Å². The van der Waals surface area contributed by atoms with Crippen molar-refractivity contribution in [1.82, 2.24) is 4.72 Å². The normalized spacial score (nSPS) is 11.6. The predicted molar refractivity (Wildman–Crippen MR) is 92.3 cm³/mol. The van der Waals surface area contributed by atoms with Crippen molar-refractivity contribution in [3.8, 4) is 0 Å². The third-order valence-corrected chi connectivity index (χ3v) is 5.83. The van der Waals surface area contributed by atoms with Gasteiger partial charge in [-0.15, -0.1) is 23.1 Å². The van der Waals surface area contributed by atoms with Crippen molar-refractivity contribution < 1.29 is 17.6 Å². The minimum Gasteiger partial charge on any atom is -0.292 e. The molecule has 0 amide bonds. The fourth-order valence-corrected chi connectivity index (χ4v) is 4.13. The number of sulfonamides is 1. The highest BCUT2D eigenvalue weighted by Gasteiger charge is 2.12. The number of halogens is 1. The first-order chi connectivity index (χ1) is 10.8. The Kier molecular flexibility index (Phi) is 6.34. The van der Waals surface area contributed by atoms with E-state index in [2.05, 4.69) is 4.72 Å². The van der Waals surface area contributed by atoms with Gasteiger partial charge in [0.25, 0.3) is 0 Å². The van der Waals surface area contributed by atoms with Crippen LogP contribution in [0.5, 0.6) is 0 Å². The number of benzene rings is 1. The summed E-state index contributed by atoms with van der Waals surface area (Å²) in [5.41, 5.74) is 0. The molecule has 0 fully saturated rings. The van der Waals surface area contributed by atoms with Crippen LogP contribution in [0.1, 0.15) is 14.5 Å². The first-order valence-electron chi connectivity index (χ1n) is 6.79. The number of carbonyl (C=O) groups excluding carboxylic acids is 1. The summed E-state index contributed by atoms with van der Waals surface area (Å²) in [5, 5.41) is 0. The zero-order valence-corrected chi connectivity index (χ0v) is 14.9. The number of hydrogen-bond donors (Lipinski definition) is 1. The standard InChI is InChI=1S/C15H16FNO3S3/c1-23(19,20)17-9-8-11-6-7-15(22-11)13(18)10-21-14-5-3-2-4-12(14)16/h2-7,17H,8-10H2,1H3. The van der Waals surface area contributed by atoms with Crippen LogP contribution in [0.15, 0.2) is 41.3 Å². The van der Waals surface area contributed by atoms with Gasteiger partial charge in [-0.2, -0.15) is 0 Å². The van der Waals surface area contributed by atoms with Crippen molar-refractivity contribution in [2.24, 2.45) is 0 Å². The van der Waals surface area contributed by atoms with Crippen LogP contribution in [0, 0.1) is 5.82 Å². The predicted octanol–water partition coefficient (Wildman–Crippen LogP) is 2.95. The quantitative estimate of drug-likeness (QED) is 0.571. The van der Waals surface area contributed by atoms with Gasteiger partial charge in [0.1, 0.15) is 5.82 Å². The highest BCUT2D eigenvalue weighted by Crippen LogP contribution is 2.24. The summed E-state index contributed by atoms with van der Waals surface area (Å²) in [7, 11) is -3.20. The van der Waals surface area contributed by atoms with Gasteiger partial charge in [0.2, 0.25) is 10.0 Å². The van der Waals surface area contributed by atoms with Gasteiger partial charge in [-0.3, -0.25) is 4.79 Å². The summed E-state index contributed by atoms with van der Waals surface area (Å²) in [4.78, 5) is 14.1. The molecule has 4 nitrogen and oxygen atoms in total. The van der Waals surface area contributed by atoms with Crippen molar-refractivity contribution in [2.45, 2.75) is 11.3 Å². The molecule has 0 spiro atoms. The molecular formula is C15H16FNO3S3. The molecule has 2 aromatic rings. The first-order valence-corrected chi connectivity index (χ1v) is 10.5. The number of thioether (sulfide) groups is 1. The van der Waals surface area contributed by atoms with Crippen molar-refractivity contribution in [2.75, 3.05) is 18.6 Å². The maximum atomic E-state index is 13.5. The molecule has 0 aliphatic heterocycles. The Morgan fingerprint density at radius 2 is 2.00 bits per heavy atom. The van der Waals surface area contributed by atoms with Gasteiger partial charge in [-0.1, -0.05) is 12.1 Å². The van der Waals surface area contributed by atoms with Crippen molar-refractivity contribution in [3.05, 3.63) is 52.0 Å². The molecule has 0 atom stereocenters. The van der Waals surface area contributed by atoms with E-state index in [1.54, 1.807) is 24.3 Å². The van der Waals surface area contributed by atoms with Crippen LogP contribution in [0.25, 0.3) is 0 Å². The molecule has 1 aromatic carbocycles. The SMILES string of the molecule is CS(=O)(=O)NCCc1ccc(C(=O)CSc2ccccc2F)s1. The summed E-state index contributed by atoms with van der Waals surface area (Å²) in [6.45, 7) is 0.303. The lowest BCUT2D eigenvalue weighted by molar-refractivity contribution is 0.102. The topological polar surface area (TPSA) is 63.2 Å². The third kappa shape index (κ3) is 6.06. The highest BCUT2D eigenvalue weighted by atomic mass is 32.2. The summed E-state index contributed by atoms with van der Waals surface area (Å²) >= 11 is 2.51. The fourth-order valence-electron chi connectivity index (χ4n) is 1.80. The lowest BCUT2D eigenvalue weighted by Crippen LogP contribution is -2.23. The maximum absolute atomic E-state index is 13.5. The Morgan fingerprint density at radius 1 is 1.26 bits per heavy atom. The maximum Gasteiger partial charge on any atom is 0.208 e. The zero-order valence-electron chi connectivity index (χ0n) is 12.4. The average Bonchev–Trinajstić information content (AvgIpc) is 2.94. The monoisotopic (exact) mass is 373 g/mol. The molecule has 0 saturated heterocycles. The number of thiophene rings is 1. The van der Waals surface area contributed by atoms with E-state index in [0.717, 1.165) is 11.1 Å². The molecule has 8 heteroatoms. The van der Waals surface area contributed by atoms with E-state index in [0.29, 0.717) is 22.7 Å². The van der Waals surface area contributed by atoms with E-state index in [1.807, 2.05) is 6.07 Å². The minimum atomic E-state index is -3.20. The second kappa shape index (κ2) is 8.05. The van der Waals surface area contributed by atoms with Gasteiger partial charge in [-0.25, -0.2) is 17.5 Å². The van der Waals surface area contributed by atoms with Gasteiger partial charge in [0.15, 0.2) is 5.78 Å². The Bertz CT molecular complexity index is 787. The summed E-state index contributed by atoms with van der Waals surface area (Å²) in [6, 6.07) is 9.89. The molecule has 0 unspecified atom stereocenters. The fraction of sp³-hybridized carbons (Fsp3) is 0.267. The summed E-state index contributed by atoms with van der Waals surface area (Å²) in [6.07, 6.45) is 1.64. The van der Waals surface area contributed by atoms with Gasteiger partial charge in [0.05, 0.1) is 16.9 Å². The molecule has 1 N–H and O–H groups in total. The van der Waals surface area contributed by atoms with E-state index in [4.69, 9.17) is 0 Å². The molecule has 0 aliphatic rings. The highest BCUT2D eigenvalue weighted by molar-refractivity contribution is 8.00. The first kappa shape index (κ1) is 18.1. The van der Waals surface area contributed by atoms with E-state index < -0.39 is 10.0 Å². The molecule has 0 bridgehead atoms. The van der Waals surface area contributed by atoms with Crippen LogP contribution in [-0.4, -0.2) is 32.8 Å². The van der Waals surface area contributed by atoms with E-state index in [9.17, 15) is 17.6 Å². The van der Waals surface area contributed by atoms with Crippen LogP contribution in [0.3, 0.4) is 0 Å². The molecule has 1 aromatic heterocycles. The number of nitrogens with one attached hydrogen (secondary N) is 1. The number of carbonyl (C=O) groups is 1. The van der Waals surface area contributed by atoms with Crippen LogP contribution in [-0.2, 0) is 16.4 Å². The summed E-state index contributed by atoms with van der Waals surface area (Å²) < 4.78 is 37.9. The van der Waals surface area contributed by atoms with Gasteiger partial charge in [-0.05, 0) is 30.7 Å². The molecule has 2 rings (SSSR count). The van der Waals surface area contributed by atoms with E-state index in [1.165, 1.54) is 29.2 Å². The summed E-state index contributed by atoms with van der Waals surface area (Å²) in [5.74, 6) is -0.225. The molecule has 0 aliphatic carbocycles. The molecule has 0 saturated carbocycles. The largest absolute Gasteiger partial charge is 0.292 e. The van der Waals surface area contributed by atoms with Crippen molar-refractivity contribution >= 4 is 38.9 Å². The second-order valence-electron chi connectivity index (χ2n) is 4.82. The van der Waals surface area contributed by atoms with Crippen molar-refractivity contribution in [3.63, 3.8) is 0 Å². The van der Waals surface area contributed by atoms with Crippen LogP contribution in [0.2, 0.25) is 0 Å². The number of ketones is 1. The number of Topliss-reactive ketones (excluding diaryl/α,β-unsaturated/α-hetero) is 1. The van der Waals surface area contributed by atoms with Gasteiger partial charge >= 0.3 is 0 Å².